The highest BCUT2D eigenvalue weighted by molar-refractivity contribution is 5.78. The molecule has 2 fully saturated rings. The summed E-state index contributed by atoms with van der Waals surface area (Å²) in [5.74, 6) is -0.372. The van der Waals surface area contributed by atoms with Crippen molar-refractivity contribution in [2.75, 3.05) is 13.1 Å². The molecule has 0 saturated carbocycles. The van der Waals surface area contributed by atoms with E-state index in [4.69, 9.17) is 5.11 Å². The van der Waals surface area contributed by atoms with Gasteiger partial charge in [0.25, 0.3) is 0 Å². The van der Waals surface area contributed by atoms with Crippen molar-refractivity contribution in [3.8, 4) is 0 Å². The number of fused-ring (bicyclic) bond motifs is 2. The second-order valence-corrected chi connectivity index (χ2v) is 6.18. The van der Waals surface area contributed by atoms with E-state index in [9.17, 15) is 9.59 Å². The highest BCUT2D eigenvalue weighted by atomic mass is 16.4. The Labute approximate surface area is 114 Å². The molecule has 0 aromatic rings. The number of nitrogens with one attached hydrogen (secondary N) is 1. The van der Waals surface area contributed by atoms with Crippen molar-refractivity contribution in [2.45, 2.75) is 51.6 Å². The molecule has 2 bridgehead atoms. The van der Waals surface area contributed by atoms with E-state index in [1.165, 1.54) is 0 Å². The van der Waals surface area contributed by atoms with Crippen LogP contribution in [-0.4, -0.2) is 47.1 Å². The zero-order chi connectivity index (χ0) is 14.0. The van der Waals surface area contributed by atoms with Crippen LogP contribution in [0.2, 0.25) is 0 Å². The molecule has 2 N–H and O–H groups in total. The summed E-state index contributed by atoms with van der Waals surface area (Å²) in [6.45, 7) is 5.33. The molecular weight excluding hydrogens is 244 g/mol. The monoisotopic (exact) mass is 268 g/mol. The standard InChI is InChI=1S/C14H24N2O3/c1-9(2)5-6-15-13(17)8-16-10-3-4-12(16)11(7-10)14(18)19/h9-12H,3-8H2,1-2H3,(H,15,17)(H,18,19). The molecule has 2 rings (SSSR count). The lowest BCUT2D eigenvalue weighted by Crippen LogP contribution is -2.41. The number of rotatable bonds is 6. The molecule has 0 radical (unpaired) electrons. The van der Waals surface area contributed by atoms with Gasteiger partial charge in [0.2, 0.25) is 5.91 Å². The van der Waals surface area contributed by atoms with E-state index >= 15 is 0 Å². The van der Waals surface area contributed by atoms with E-state index in [1.54, 1.807) is 0 Å². The van der Waals surface area contributed by atoms with Gasteiger partial charge in [-0.25, -0.2) is 0 Å². The fraction of sp³-hybridized carbons (Fsp3) is 0.857. The third-order valence-electron chi connectivity index (χ3n) is 4.37. The molecule has 5 nitrogen and oxygen atoms in total. The summed E-state index contributed by atoms with van der Waals surface area (Å²) in [7, 11) is 0. The molecule has 108 valence electrons. The topological polar surface area (TPSA) is 69.6 Å². The van der Waals surface area contributed by atoms with Gasteiger partial charge in [-0.15, -0.1) is 0 Å². The van der Waals surface area contributed by atoms with Gasteiger partial charge in [-0.05, 0) is 31.6 Å². The first-order chi connectivity index (χ1) is 8.99. The van der Waals surface area contributed by atoms with Gasteiger partial charge < -0.3 is 10.4 Å². The molecule has 3 atom stereocenters. The van der Waals surface area contributed by atoms with Crippen LogP contribution in [0.4, 0.5) is 0 Å². The second kappa shape index (κ2) is 5.90. The zero-order valence-corrected chi connectivity index (χ0v) is 11.8. The number of hydrogen-bond donors (Lipinski definition) is 2. The normalized spacial score (nSPS) is 29.9. The second-order valence-electron chi connectivity index (χ2n) is 6.18. The minimum absolute atomic E-state index is 0.0311. The molecule has 19 heavy (non-hydrogen) atoms. The molecule has 5 heteroatoms. The van der Waals surface area contributed by atoms with Crippen LogP contribution in [0.25, 0.3) is 0 Å². The predicted octanol–water partition coefficient (Wildman–Crippen LogP) is 1.09. The Kier molecular flexibility index (Phi) is 4.45. The Morgan fingerprint density at radius 2 is 2.11 bits per heavy atom. The van der Waals surface area contributed by atoms with Gasteiger partial charge in [-0.3, -0.25) is 14.5 Å². The average Bonchev–Trinajstić information content (AvgIpc) is 2.86. The van der Waals surface area contributed by atoms with E-state index in [2.05, 4.69) is 24.1 Å². The summed E-state index contributed by atoms with van der Waals surface area (Å²) in [4.78, 5) is 25.1. The van der Waals surface area contributed by atoms with Gasteiger partial charge in [-0.2, -0.15) is 0 Å². The van der Waals surface area contributed by atoms with E-state index in [0.717, 1.165) is 19.3 Å². The number of hydrogen-bond acceptors (Lipinski definition) is 3. The highest BCUT2D eigenvalue weighted by Gasteiger charge is 2.49. The number of amides is 1. The molecule has 2 saturated heterocycles. The number of carboxylic acid groups (broad SMARTS) is 1. The Bertz CT molecular complexity index is 357. The van der Waals surface area contributed by atoms with Crippen molar-refractivity contribution in [2.24, 2.45) is 11.8 Å². The van der Waals surface area contributed by atoms with E-state index in [1.807, 2.05) is 0 Å². The lowest BCUT2D eigenvalue weighted by Gasteiger charge is -2.22. The first-order valence-corrected chi connectivity index (χ1v) is 7.24. The van der Waals surface area contributed by atoms with E-state index < -0.39 is 5.97 Å². The summed E-state index contributed by atoms with van der Waals surface area (Å²) in [5.41, 5.74) is 0. The Hall–Kier alpha value is -1.10. The van der Waals surface area contributed by atoms with Crippen molar-refractivity contribution in [3.05, 3.63) is 0 Å². The van der Waals surface area contributed by atoms with Crippen molar-refractivity contribution in [1.29, 1.82) is 0 Å². The highest BCUT2D eigenvalue weighted by Crippen LogP contribution is 2.41. The molecule has 0 aromatic heterocycles. The maximum Gasteiger partial charge on any atom is 0.308 e. The molecule has 2 heterocycles. The minimum atomic E-state index is -0.711. The lowest BCUT2D eigenvalue weighted by atomic mass is 9.89. The van der Waals surface area contributed by atoms with Gasteiger partial charge in [0, 0.05) is 18.6 Å². The van der Waals surface area contributed by atoms with Gasteiger partial charge in [0.05, 0.1) is 12.5 Å². The summed E-state index contributed by atoms with van der Waals surface area (Å²) in [5, 5.41) is 12.1. The third-order valence-corrected chi connectivity index (χ3v) is 4.37. The first kappa shape index (κ1) is 14.3. The fourth-order valence-electron chi connectivity index (χ4n) is 3.34. The molecule has 2 aliphatic rings. The summed E-state index contributed by atoms with van der Waals surface area (Å²) < 4.78 is 0. The van der Waals surface area contributed by atoms with Crippen LogP contribution in [0.3, 0.4) is 0 Å². The number of carbonyl (C=O) groups excluding carboxylic acids is 1. The molecular formula is C14H24N2O3. The first-order valence-electron chi connectivity index (χ1n) is 7.24. The number of carbonyl (C=O) groups is 2. The van der Waals surface area contributed by atoms with Crippen LogP contribution in [0.15, 0.2) is 0 Å². The minimum Gasteiger partial charge on any atom is -0.481 e. The quantitative estimate of drug-likeness (QED) is 0.756. The Morgan fingerprint density at radius 1 is 1.37 bits per heavy atom. The van der Waals surface area contributed by atoms with Crippen LogP contribution >= 0.6 is 0 Å². The smallest absolute Gasteiger partial charge is 0.308 e. The van der Waals surface area contributed by atoms with Crippen molar-refractivity contribution < 1.29 is 14.7 Å². The molecule has 3 unspecified atom stereocenters. The largest absolute Gasteiger partial charge is 0.481 e. The van der Waals surface area contributed by atoms with Gasteiger partial charge in [0.15, 0.2) is 0 Å². The molecule has 0 aromatic carbocycles. The summed E-state index contributed by atoms with van der Waals surface area (Å²) >= 11 is 0. The number of carboxylic acids is 1. The summed E-state index contributed by atoms with van der Waals surface area (Å²) in [6, 6.07) is 0.361. The molecule has 0 aliphatic carbocycles. The maximum atomic E-state index is 11.9. The maximum absolute atomic E-state index is 11.9. The predicted molar refractivity (Wildman–Crippen MR) is 71.7 cm³/mol. The van der Waals surface area contributed by atoms with Crippen molar-refractivity contribution in [3.63, 3.8) is 0 Å². The molecule has 1 amide bonds. The zero-order valence-electron chi connectivity index (χ0n) is 11.8. The molecule has 0 spiro atoms. The SMILES string of the molecule is CC(C)CCNC(=O)CN1C2CCC1C(C(=O)O)C2. The third kappa shape index (κ3) is 3.26. The van der Waals surface area contributed by atoms with E-state index in [-0.39, 0.29) is 17.9 Å². The number of aliphatic carboxylic acids is 1. The van der Waals surface area contributed by atoms with Crippen LogP contribution in [0.5, 0.6) is 0 Å². The number of nitrogens with zero attached hydrogens (tertiary/aromatic N) is 1. The van der Waals surface area contributed by atoms with Gasteiger partial charge in [0.1, 0.15) is 0 Å². The molecule has 2 aliphatic heterocycles. The summed E-state index contributed by atoms with van der Waals surface area (Å²) in [6.07, 6.45) is 3.64. The Balaban J connectivity index is 1.80. The van der Waals surface area contributed by atoms with Crippen molar-refractivity contribution >= 4 is 11.9 Å². The van der Waals surface area contributed by atoms with Crippen LogP contribution < -0.4 is 5.32 Å². The fourth-order valence-corrected chi connectivity index (χ4v) is 3.34. The van der Waals surface area contributed by atoms with Gasteiger partial charge in [-0.1, -0.05) is 13.8 Å². The van der Waals surface area contributed by atoms with Crippen LogP contribution in [0.1, 0.15) is 39.5 Å². The Morgan fingerprint density at radius 3 is 2.68 bits per heavy atom. The average molecular weight is 268 g/mol. The van der Waals surface area contributed by atoms with Gasteiger partial charge >= 0.3 is 5.97 Å². The lowest BCUT2D eigenvalue weighted by molar-refractivity contribution is -0.143. The van der Waals surface area contributed by atoms with Crippen LogP contribution in [-0.2, 0) is 9.59 Å². The van der Waals surface area contributed by atoms with E-state index in [0.29, 0.717) is 31.5 Å². The van der Waals surface area contributed by atoms with Crippen molar-refractivity contribution in [1.82, 2.24) is 10.2 Å². The van der Waals surface area contributed by atoms with Crippen LogP contribution in [0, 0.1) is 11.8 Å².